The molecule has 2 aromatic carbocycles. The number of amides is 2. The van der Waals surface area contributed by atoms with Crippen LogP contribution in [0.1, 0.15) is 10.4 Å². The average molecular weight is 490 g/mol. The van der Waals surface area contributed by atoms with Gasteiger partial charge in [-0.1, -0.05) is 30.0 Å². The Morgan fingerprint density at radius 3 is 2.44 bits per heavy atom. The van der Waals surface area contributed by atoms with Crippen LogP contribution < -0.4 is 15.0 Å². The van der Waals surface area contributed by atoms with Crippen LogP contribution in [0.5, 0.6) is 5.75 Å². The number of morpholine rings is 1. The second kappa shape index (κ2) is 11.1. The summed E-state index contributed by atoms with van der Waals surface area (Å²) in [4.78, 5) is 26.8. The first-order valence-corrected chi connectivity index (χ1v) is 11.3. The Morgan fingerprint density at radius 2 is 1.76 bits per heavy atom. The van der Waals surface area contributed by atoms with Gasteiger partial charge in [0.2, 0.25) is 11.9 Å². The zero-order valence-electron chi connectivity index (χ0n) is 17.9. The molecule has 0 radical (unpaired) electrons. The number of alkyl halides is 2. The molecule has 1 fully saturated rings. The maximum absolute atomic E-state index is 12.4. The van der Waals surface area contributed by atoms with Crippen LogP contribution in [0.4, 0.5) is 14.7 Å². The van der Waals surface area contributed by atoms with Crippen LogP contribution in [0, 0.1) is 0 Å². The molecule has 178 valence electrons. The Labute approximate surface area is 198 Å². The van der Waals surface area contributed by atoms with Crippen molar-refractivity contribution >= 4 is 29.5 Å². The number of hydrogen-bond donors (Lipinski definition) is 1. The summed E-state index contributed by atoms with van der Waals surface area (Å²) < 4.78 is 36.0. The Kier molecular flexibility index (Phi) is 7.70. The van der Waals surface area contributed by atoms with Crippen molar-refractivity contribution in [3.8, 4) is 11.4 Å². The van der Waals surface area contributed by atoms with Crippen molar-refractivity contribution in [2.24, 2.45) is 0 Å². The third-order valence-corrected chi connectivity index (χ3v) is 5.78. The lowest BCUT2D eigenvalue weighted by molar-refractivity contribution is -0.117. The maximum atomic E-state index is 12.4. The zero-order valence-corrected chi connectivity index (χ0v) is 18.7. The van der Waals surface area contributed by atoms with Crippen molar-refractivity contribution in [2.75, 3.05) is 37.0 Å². The predicted molar refractivity (Wildman–Crippen MR) is 121 cm³/mol. The Balaban J connectivity index is 1.42. The number of ether oxygens (including phenoxy) is 2. The summed E-state index contributed by atoms with van der Waals surface area (Å²) in [7, 11) is 0. The van der Waals surface area contributed by atoms with E-state index in [0.717, 1.165) is 17.4 Å². The van der Waals surface area contributed by atoms with Gasteiger partial charge in [-0.15, -0.1) is 10.2 Å². The Hall–Kier alpha value is -3.51. The molecular formula is C22H21F2N5O4S. The van der Waals surface area contributed by atoms with E-state index in [-0.39, 0.29) is 17.1 Å². The summed E-state index contributed by atoms with van der Waals surface area (Å²) in [5.74, 6) is -0.678. The van der Waals surface area contributed by atoms with E-state index in [2.05, 4.69) is 25.2 Å². The summed E-state index contributed by atoms with van der Waals surface area (Å²) in [6, 6.07) is 14.6. The quantitative estimate of drug-likeness (QED) is 0.483. The molecule has 12 heteroatoms. The van der Waals surface area contributed by atoms with Gasteiger partial charge in [-0.2, -0.15) is 8.78 Å². The standard InChI is InChI=1S/C22H21F2N5O4S/c23-20(24)33-17-8-6-15(7-9-17)19(31)25-18(30)14-34-22-27-26-21(28-10-12-32-13-11-28)29(22)16-4-2-1-3-5-16/h1-9,20H,10-14H2,(H,25,30,31). The third-order valence-electron chi connectivity index (χ3n) is 4.85. The lowest BCUT2D eigenvalue weighted by Gasteiger charge is -2.27. The number of rotatable bonds is 8. The highest BCUT2D eigenvalue weighted by Gasteiger charge is 2.22. The number of carbonyl (C=O) groups excluding carboxylic acids is 2. The highest BCUT2D eigenvalue weighted by atomic mass is 32.2. The Morgan fingerprint density at radius 1 is 1.06 bits per heavy atom. The van der Waals surface area contributed by atoms with Crippen molar-refractivity contribution in [1.29, 1.82) is 0 Å². The van der Waals surface area contributed by atoms with E-state index in [1.165, 1.54) is 24.3 Å². The lowest BCUT2D eigenvalue weighted by Crippen LogP contribution is -2.37. The first kappa shape index (κ1) is 23.6. The first-order chi connectivity index (χ1) is 16.5. The number of carbonyl (C=O) groups is 2. The van der Waals surface area contributed by atoms with Crippen LogP contribution in [-0.4, -0.2) is 65.2 Å². The molecular weight excluding hydrogens is 468 g/mol. The van der Waals surface area contributed by atoms with E-state index in [1.54, 1.807) is 0 Å². The number of nitrogens with one attached hydrogen (secondary N) is 1. The molecule has 9 nitrogen and oxygen atoms in total. The minimum absolute atomic E-state index is 0.0770. The lowest BCUT2D eigenvalue weighted by atomic mass is 10.2. The van der Waals surface area contributed by atoms with Gasteiger partial charge >= 0.3 is 6.61 Å². The number of para-hydroxylation sites is 1. The summed E-state index contributed by atoms with van der Waals surface area (Å²) in [6.07, 6.45) is 0. The van der Waals surface area contributed by atoms with Crippen molar-refractivity contribution in [3.05, 3.63) is 60.2 Å². The molecule has 2 amide bonds. The van der Waals surface area contributed by atoms with Crippen LogP contribution in [0.2, 0.25) is 0 Å². The molecule has 0 atom stereocenters. The van der Waals surface area contributed by atoms with Crippen LogP contribution in [0.3, 0.4) is 0 Å². The van der Waals surface area contributed by atoms with Crippen molar-refractivity contribution in [3.63, 3.8) is 0 Å². The van der Waals surface area contributed by atoms with E-state index < -0.39 is 18.4 Å². The molecule has 1 aliphatic rings. The van der Waals surface area contributed by atoms with E-state index in [9.17, 15) is 18.4 Å². The average Bonchev–Trinajstić information content (AvgIpc) is 3.28. The monoisotopic (exact) mass is 489 g/mol. The molecule has 1 aromatic heterocycles. The maximum Gasteiger partial charge on any atom is 0.387 e. The fourth-order valence-electron chi connectivity index (χ4n) is 3.28. The smallest absolute Gasteiger partial charge is 0.387 e. The van der Waals surface area contributed by atoms with Crippen LogP contribution in [0.15, 0.2) is 59.8 Å². The van der Waals surface area contributed by atoms with Crippen LogP contribution in [-0.2, 0) is 9.53 Å². The summed E-state index contributed by atoms with van der Waals surface area (Å²) in [6.45, 7) is -0.439. The topological polar surface area (TPSA) is 98.6 Å². The molecule has 0 saturated carbocycles. The molecule has 2 heterocycles. The number of thioether (sulfide) groups is 1. The van der Waals surface area contributed by atoms with Crippen molar-refractivity contribution in [2.45, 2.75) is 11.8 Å². The fraction of sp³-hybridized carbons (Fsp3) is 0.273. The highest BCUT2D eigenvalue weighted by Crippen LogP contribution is 2.27. The molecule has 34 heavy (non-hydrogen) atoms. The van der Waals surface area contributed by atoms with Gasteiger partial charge in [0.05, 0.1) is 24.7 Å². The molecule has 4 rings (SSSR count). The normalized spacial score (nSPS) is 13.7. The first-order valence-electron chi connectivity index (χ1n) is 10.4. The van der Waals surface area contributed by atoms with Crippen LogP contribution in [0.25, 0.3) is 5.69 Å². The van der Waals surface area contributed by atoms with E-state index in [4.69, 9.17) is 4.74 Å². The molecule has 0 bridgehead atoms. The summed E-state index contributed by atoms with van der Waals surface area (Å²) >= 11 is 1.15. The third kappa shape index (κ3) is 5.88. The predicted octanol–water partition coefficient (Wildman–Crippen LogP) is 2.75. The van der Waals surface area contributed by atoms with Gasteiger partial charge in [0.25, 0.3) is 5.91 Å². The van der Waals surface area contributed by atoms with Crippen LogP contribution >= 0.6 is 11.8 Å². The zero-order chi connectivity index (χ0) is 23.9. The van der Waals surface area contributed by atoms with Gasteiger partial charge in [0.1, 0.15) is 5.75 Å². The minimum atomic E-state index is -2.96. The molecule has 3 aromatic rings. The fourth-order valence-corrected chi connectivity index (χ4v) is 4.03. The summed E-state index contributed by atoms with van der Waals surface area (Å²) in [5.41, 5.74) is 0.987. The van der Waals surface area contributed by atoms with Gasteiger partial charge in [-0.3, -0.25) is 19.5 Å². The van der Waals surface area contributed by atoms with Gasteiger partial charge in [0.15, 0.2) is 5.16 Å². The van der Waals surface area contributed by atoms with Gasteiger partial charge in [-0.25, -0.2) is 0 Å². The van der Waals surface area contributed by atoms with Gasteiger partial charge in [-0.05, 0) is 36.4 Å². The minimum Gasteiger partial charge on any atom is -0.435 e. The highest BCUT2D eigenvalue weighted by molar-refractivity contribution is 7.99. The molecule has 0 unspecified atom stereocenters. The number of halogens is 2. The second-order valence-electron chi connectivity index (χ2n) is 7.12. The van der Waals surface area contributed by atoms with Gasteiger partial charge in [0, 0.05) is 18.7 Å². The van der Waals surface area contributed by atoms with Gasteiger partial charge < -0.3 is 14.4 Å². The number of anilines is 1. The molecule has 1 N–H and O–H groups in total. The largest absolute Gasteiger partial charge is 0.435 e. The molecule has 0 aliphatic carbocycles. The number of imide groups is 1. The molecule has 1 saturated heterocycles. The van der Waals surface area contributed by atoms with E-state index in [1.807, 2.05) is 34.9 Å². The Bertz CT molecular complexity index is 1120. The number of nitrogens with zero attached hydrogens (tertiary/aromatic N) is 4. The van der Waals surface area contributed by atoms with Crippen molar-refractivity contribution < 1.29 is 27.8 Å². The molecule has 0 spiro atoms. The number of aromatic nitrogens is 3. The summed E-state index contributed by atoms with van der Waals surface area (Å²) in [5, 5.41) is 11.4. The SMILES string of the molecule is O=C(CSc1nnc(N2CCOCC2)n1-c1ccccc1)NC(=O)c1ccc(OC(F)F)cc1. The number of benzene rings is 2. The van der Waals surface area contributed by atoms with Crippen molar-refractivity contribution in [1.82, 2.24) is 20.1 Å². The molecule has 1 aliphatic heterocycles. The number of hydrogen-bond acceptors (Lipinski definition) is 8. The van der Waals surface area contributed by atoms with E-state index >= 15 is 0 Å². The second-order valence-corrected chi connectivity index (χ2v) is 8.06. The van der Waals surface area contributed by atoms with E-state index in [0.29, 0.717) is 37.4 Å².